The van der Waals surface area contributed by atoms with E-state index in [0.29, 0.717) is 9.13 Å². The Balaban J connectivity index is 2.69. The average Bonchev–Trinajstić information content (AvgIpc) is 2.57. The van der Waals surface area contributed by atoms with E-state index in [1.54, 1.807) is 6.07 Å². The first-order valence-electron chi connectivity index (χ1n) is 7.50. The summed E-state index contributed by atoms with van der Waals surface area (Å²) in [5.74, 6) is -2.34. The molecule has 0 aliphatic carbocycles. The normalized spacial score (nSPS) is 13.6. The summed E-state index contributed by atoms with van der Waals surface area (Å²) in [5.41, 5.74) is 0.326. The van der Waals surface area contributed by atoms with Crippen LogP contribution in [0, 0.1) is 10.7 Å². The lowest BCUT2D eigenvalue weighted by atomic mass is 10.2. The number of nitrogens with one attached hydrogen (secondary N) is 1. The number of hydrogen-bond donors (Lipinski definition) is 1. The van der Waals surface area contributed by atoms with E-state index in [-0.39, 0.29) is 13.0 Å². The molecule has 1 amide bonds. The van der Waals surface area contributed by atoms with Crippen LogP contribution in [0.25, 0.3) is 0 Å². The number of ether oxygens (including phenoxy) is 1. The average molecular weight is 796 g/mol. The molecule has 0 aromatic heterocycles. The van der Waals surface area contributed by atoms with Crippen LogP contribution in [-0.4, -0.2) is 48.9 Å². The van der Waals surface area contributed by atoms with E-state index in [2.05, 4.69) is 10.1 Å². The van der Waals surface area contributed by atoms with Gasteiger partial charge >= 0.3 is 17.4 Å². The van der Waals surface area contributed by atoms with Gasteiger partial charge in [0, 0.05) is 23.7 Å². The molecule has 0 aliphatic rings. The molecule has 7 nitrogen and oxygen atoms in total. The van der Waals surface area contributed by atoms with Gasteiger partial charge in [0.25, 0.3) is 12.0 Å². The van der Waals surface area contributed by atoms with E-state index >= 15 is 0 Å². The fourth-order valence-corrected chi connectivity index (χ4v) is 4.74. The minimum absolute atomic E-state index is 0.209. The Hall–Kier alpha value is -0.0900. The highest BCUT2D eigenvalue weighted by Crippen LogP contribution is 2.38. The van der Waals surface area contributed by atoms with Crippen LogP contribution in [0.15, 0.2) is 12.1 Å². The van der Waals surface area contributed by atoms with E-state index < -0.39 is 46.0 Å². The Kier molecular flexibility index (Phi) is 9.95. The monoisotopic (exact) mass is 796 g/mol. The van der Waals surface area contributed by atoms with Crippen molar-refractivity contribution >= 4 is 89.8 Å². The third-order valence-electron chi connectivity index (χ3n) is 3.27. The van der Waals surface area contributed by atoms with Gasteiger partial charge in [-0.05, 0) is 86.3 Å². The van der Waals surface area contributed by atoms with Crippen LogP contribution in [0.2, 0.25) is 0 Å². The van der Waals surface area contributed by atoms with Crippen molar-refractivity contribution in [2.45, 2.75) is 30.4 Å². The molecule has 16 heteroatoms. The molecule has 0 bridgehead atoms. The number of halogens is 8. The predicted molar refractivity (Wildman–Crippen MR) is 117 cm³/mol. The molecule has 170 valence electrons. The summed E-state index contributed by atoms with van der Waals surface area (Å²) in [4.78, 5) is 23.6. The van der Waals surface area contributed by atoms with Gasteiger partial charge in [0.05, 0.1) is 5.56 Å². The zero-order chi connectivity index (χ0) is 23.5. The largest absolute Gasteiger partial charge is 0.743 e. The molecule has 0 radical (unpaired) electrons. The lowest BCUT2D eigenvalue weighted by Gasteiger charge is -2.29. The maximum atomic E-state index is 13.3. The van der Waals surface area contributed by atoms with Crippen molar-refractivity contribution < 1.29 is 49.2 Å². The summed E-state index contributed by atoms with van der Waals surface area (Å²) < 4.78 is 102. The second-order valence-corrected chi connectivity index (χ2v) is 10.5. The zero-order valence-corrected chi connectivity index (χ0v) is 21.5. The minimum atomic E-state index is -6.75. The van der Waals surface area contributed by atoms with Crippen molar-refractivity contribution in [1.29, 1.82) is 0 Å². The fraction of sp³-hybridized carbons (Fsp3) is 0.429. The van der Waals surface area contributed by atoms with Crippen molar-refractivity contribution in [3.63, 3.8) is 0 Å². The van der Waals surface area contributed by atoms with Crippen molar-refractivity contribution in [1.82, 2.24) is 5.32 Å². The zero-order valence-electron chi connectivity index (χ0n) is 14.2. The number of esters is 1. The predicted octanol–water partition coefficient (Wildman–Crippen LogP) is 3.62. The highest BCUT2D eigenvalue weighted by atomic mass is 127. The van der Waals surface area contributed by atoms with Gasteiger partial charge in [-0.25, -0.2) is 8.42 Å². The third-order valence-corrected chi connectivity index (χ3v) is 7.81. The molecule has 1 atom stereocenters. The first-order chi connectivity index (χ1) is 13.5. The molecule has 0 saturated heterocycles. The number of alkyl halides is 5. The van der Waals surface area contributed by atoms with Gasteiger partial charge in [-0.3, -0.25) is 9.59 Å². The summed E-state index contributed by atoms with van der Waals surface area (Å²) in [6, 6.07) is 3.41. The Labute approximate surface area is 208 Å². The quantitative estimate of drug-likeness (QED) is 0.108. The molecule has 0 fully saturated rings. The third kappa shape index (κ3) is 7.50. The SMILES string of the molecule is O=C(CCCNC(=O)c1cc(I)cc(I)c1I)OC(C(F)(F)F)C(F)(F)S(=O)(=O)[O-]. The molecule has 1 aromatic rings. The van der Waals surface area contributed by atoms with Gasteiger partial charge in [0.15, 0.2) is 10.1 Å². The summed E-state index contributed by atoms with van der Waals surface area (Å²) in [7, 11) is -6.75. The maximum Gasteiger partial charge on any atom is 0.432 e. The highest BCUT2D eigenvalue weighted by molar-refractivity contribution is 14.1. The molecule has 1 unspecified atom stereocenters. The van der Waals surface area contributed by atoms with E-state index in [9.17, 15) is 44.5 Å². The van der Waals surface area contributed by atoms with E-state index in [0.717, 1.165) is 7.14 Å². The lowest BCUT2D eigenvalue weighted by molar-refractivity contribution is -0.259. The summed E-state index contributed by atoms with van der Waals surface area (Å²) in [6.45, 7) is -0.209. The van der Waals surface area contributed by atoms with Crippen LogP contribution in [0.3, 0.4) is 0 Å². The molecule has 0 heterocycles. The Morgan fingerprint density at radius 2 is 1.70 bits per heavy atom. The number of carbonyl (C=O) groups is 2. The second kappa shape index (κ2) is 10.7. The minimum Gasteiger partial charge on any atom is -0.743 e. The Morgan fingerprint density at radius 3 is 2.20 bits per heavy atom. The van der Waals surface area contributed by atoms with Gasteiger partial charge in [-0.2, -0.15) is 22.0 Å². The van der Waals surface area contributed by atoms with Crippen LogP contribution < -0.4 is 5.32 Å². The first kappa shape index (κ1) is 27.9. The van der Waals surface area contributed by atoms with E-state index in [1.807, 2.05) is 73.8 Å². The molecule has 30 heavy (non-hydrogen) atoms. The molecule has 0 saturated carbocycles. The number of benzene rings is 1. The fourth-order valence-electron chi connectivity index (χ4n) is 1.90. The van der Waals surface area contributed by atoms with Crippen molar-refractivity contribution in [2.24, 2.45) is 0 Å². The topological polar surface area (TPSA) is 113 Å². The Morgan fingerprint density at radius 1 is 1.13 bits per heavy atom. The molecule has 1 aromatic carbocycles. The van der Waals surface area contributed by atoms with E-state index in [4.69, 9.17) is 0 Å². The van der Waals surface area contributed by atoms with Gasteiger partial charge in [0.2, 0.25) is 0 Å². The number of hydrogen-bond acceptors (Lipinski definition) is 6. The maximum absolute atomic E-state index is 13.3. The van der Waals surface area contributed by atoms with Crippen LogP contribution in [-0.2, 0) is 19.6 Å². The van der Waals surface area contributed by atoms with Gasteiger partial charge in [-0.1, -0.05) is 0 Å². The molecule has 0 aliphatic heterocycles. The molecular weight excluding hydrogens is 786 g/mol. The molecule has 1 rings (SSSR count). The standard InChI is InChI=1S/C14H11F5I3NO6S/c15-13(16,17)12(14(18,19)30(26,27)28)29-9(24)2-1-3-23-11(25)7-4-6(20)5-8(21)10(7)22/h4-5,12H,1-3H2,(H,23,25)(H,26,27,28)/p-1. The summed E-state index contributed by atoms with van der Waals surface area (Å²) in [6.07, 6.45) is -11.6. The number of rotatable bonds is 8. The number of amides is 1. The van der Waals surface area contributed by atoms with Crippen LogP contribution in [0.1, 0.15) is 23.2 Å². The summed E-state index contributed by atoms with van der Waals surface area (Å²) >= 11 is 5.96. The molecule has 0 spiro atoms. The first-order valence-corrected chi connectivity index (χ1v) is 12.1. The summed E-state index contributed by atoms with van der Waals surface area (Å²) in [5, 5.41) is -3.48. The van der Waals surface area contributed by atoms with Gasteiger partial charge in [0.1, 0.15) is 0 Å². The van der Waals surface area contributed by atoms with E-state index in [1.165, 1.54) is 0 Å². The number of carbonyl (C=O) groups excluding carboxylic acids is 2. The smallest absolute Gasteiger partial charge is 0.432 e. The van der Waals surface area contributed by atoms with Crippen LogP contribution in [0.5, 0.6) is 0 Å². The van der Waals surface area contributed by atoms with Crippen molar-refractivity contribution in [2.75, 3.05) is 6.54 Å². The lowest BCUT2D eigenvalue weighted by Crippen LogP contribution is -2.52. The Bertz CT molecular complexity index is 925. The van der Waals surface area contributed by atoms with Gasteiger partial charge < -0.3 is 14.6 Å². The van der Waals surface area contributed by atoms with Crippen LogP contribution >= 0.6 is 67.8 Å². The van der Waals surface area contributed by atoms with Crippen molar-refractivity contribution in [3.05, 3.63) is 28.4 Å². The van der Waals surface area contributed by atoms with Crippen molar-refractivity contribution in [3.8, 4) is 0 Å². The highest BCUT2D eigenvalue weighted by Gasteiger charge is 2.62. The van der Waals surface area contributed by atoms with Gasteiger partial charge in [-0.15, -0.1) is 0 Å². The molecular formula is C14H10F5I3NO6S-. The molecule has 1 N–H and O–H groups in total. The van der Waals surface area contributed by atoms with Crippen LogP contribution in [0.4, 0.5) is 22.0 Å². The second-order valence-electron chi connectivity index (χ2n) is 5.54.